The molecule has 25 heavy (non-hydrogen) atoms. The first-order valence-corrected chi connectivity index (χ1v) is 8.91. The van der Waals surface area contributed by atoms with Gasteiger partial charge in [0.05, 0.1) is 6.61 Å². The molecule has 0 aromatic heterocycles. The lowest BCUT2D eigenvalue weighted by Gasteiger charge is -2.14. The zero-order valence-corrected chi connectivity index (χ0v) is 14.2. The van der Waals surface area contributed by atoms with Crippen LogP contribution in [0.3, 0.4) is 0 Å². The minimum atomic E-state index is 0.218. The summed E-state index contributed by atoms with van der Waals surface area (Å²) in [5.41, 5.74) is 7.87. The van der Waals surface area contributed by atoms with E-state index in [4.69, 9.17) is 9.84 Å². The molecule has 3 aromatic rings. The first-order valence-electron chi connectivity index (χ1n) is 8.91. The van der Waals surface area contributed by atoms with Crippen LogP contribution < -0.4 is 4.74 Å². The quantitative estimate of drug-likeness (QED) is 0.500. The van der Waals surface area contributed by atoms with Crippen molar-refractivity contribution in [3.8, 4) is 28.0 Å². The number of para-hydroxylation sites is 1. The average molecular weight is 330 g/mol. The van der Waals surface area contributed by atoms with Gasteiger partial charge in [-0.1, -0.05) is 60.7 Å². The topological polar surface area (TPSA) is 29.5 Å². The van der Waals surface area contributed by atoms with Gasteiger partial charge in [0, 0.05) is 12.2 Å². The molecule has 2 nitrogen and oxygen atoms in total. The maximum atomic E-state index is 8.93. The maximum absolute atomic E-state index is 8.93. The molecule has 0 fully saturated rings. The van der Waals surface area contributed by atoms with Gasteiger partial charge in [-0.3, -0.25) is 0 Å². The second kappa shape index (κ2) is 7.12. The van der Waals surface area contributed by atoms with Crippen LogP contribution in [-0.4, -0.2) is 18.3 Å². The molecule has 0 heterocycles. The molecule has 1 aliphatic carbocycles. The number of hydrogen-bond donors (Lipinski definition) is 1. The first-order chi connectivity index (χ1) is 12.4. The Balaban J connectivity index is 1.70. The van der Waals surface area contributed by atoms with Crippen LogP contribution in [-0.2, 0) is 6.42 Å². The molecule has 1 aliphatic rings. The number of aliphatic hydroxyl groups excluding tert-OH is 1. The van der Waals surface area contributed by atoms with Crippen molar-refractivity contribution in [2.45, 2.75) is 19.3 Å². The Morgan fingerprint density at radius 3 is 2.24 bits per heavy atom. The van der Waals surface area contributed by atoms with E-state index in [1.54, 1.807) is 0 Å². The molecule has 0 amide bonds. The lowest BCUT2D eigenvalue weighted by molar-refractivity contribution is 0.253. The Kier molecular flexibility index (Phi) is 4.53. The van der Waals surface area contributed by atoms with Gasteiger partial charge in [0.25, 0.3) is 0 Å². The number of aliphatic hydroxyl groups is 1. The Labute approximate surface area is 148 Å². The predicted molar refractivity (Wildman–Crippen MR) is 102 cm³/mol. The minimum Gasteiger partial charge on any atom is -0.493 e. The average Bonchev–Trinajstić information content (AvgIpc) is 3.04. The van der Waals surface area contributed by atoms with Crippen LogP contribution >= 0.6 is 0 Å². The number of unbranched alkanes of at least 4 members (excludes halogenated alkanes) is 1. The van der Waals surface area contributed by atoms with Crippen molar-refractivity contribution < 1.29 is 9.84 Å². The minimum absolute atomic E-state index is 0.218. The molecule has 2 heteroatoms. The monoisotopic (exact) mass is 330 g/mol. The SMILES string of the molecule is OCCCCOc1ccccc1-c1cccc2c1Cc1ccccc1-2. The molecule has 1 N–H and O–H groups in total. The van der Waals surface area contributed by atoms with Gasteiger partial charge < -0.3 is 9.84 Å². The predicted octanol–water partition coefficient (Wildman–Crippen LogP) is 5.08. The summed E-state index contributed by atoms with van der Waals surface area (Å²) < 4.78 is 6.02. The van der Waals surface area contributed by atoms with E-state index in [1.165, 1.54) is 27.8 Å². The first kappa shape index (κ1) is 15.9. The molecule has 0 unspecified atom stereocenters. The fourth-order valence-corrected chi connectivity index (χ4v) is 3.62. The van der Waals surface area contributed by atoms with Crippen LogP contribution in [0, 0.1) is 0 Å². The van der Waals surface area contributed by atoms with Crippen molar-refractivity contribution in [3.05, 3.63) is 77.9 Å². The molecule has 0 saturated heterocycles. The van der Waals surface area contributed by atoms with Crippen LogP contribution in [0.4, 0.5) is 0 Å². The maximum Gasteiger partial charge on any atom is 0.127 e. The second-order valence-corrected chi connectivity index (χ2v) is 6.44. The van der Waals surface area contributed by atoms with Crippen LogP contribution in [0.1, 0.15) is 24.0 Å². The van der Waals surface area contributed by atoms with Crippen molar-refractivity contribution in [2.75, 3.05) is 13.2 Å². The molecule has 0 radical (unpaired) electrons. The molecule has 4 rings (SSSR count). The fourth-order valence-electron chi connectivity index (χ4n) is 3.62. The number of rotatable bonds is 6. The Hall–Kier alpha value is -2.58. The third-order valence-corrected chi connectivity index (χ3v) is 4.84. The van der Waals surface area contributed by atoms with E-state index in [9.17, 15) is 0 Å². The number of ether oxygens (including phenoxy) is 1. The summed E-state index contributed by atoms with van der Waals surface area (Å²) >= 11 is 0. The van der Waals surface area contributed by atoms with Gasteiger partial charge >= 0.3 is 0 Å². The molecule has 0 spiro atoms. The number of fused-ring (bicyclic) bond motifs is 3. The summed E-state index contributed by atoms with van der Waals surface area (Å²) in [6.45, 7) is 0.849. The molecule has 0 atom stereocenters. The van der Waals surface area contributed by atoms with Crippen LogP contribution in [0.2, 0.25) is 0 Å². The van der Waals surface area contributed by atoms with Crippen molar-refractivity contribution in [3.63, 3.8) is 0 Å². The number of benzene rings is 3. The van der Waals surface area contributed by atoms with Crippen LogP contribution in [0.25, 0.3) is 22.3 Å². The standard InChI is InChI=1S/C23H22O2/c24-14-5-6-15-25-23-13-4-3-10-21(23)20-12-7-11-19-18-9-2-1-8-17(18)16-22(19)20/h1-4,7-13,24H,5-6,14-16H2. The summed E-state index contributed by atoms with van der Waals surface area (Å²) in [6, 6.07) is 23.5. The highest BCUT2D eigenvalue weighted by molar-refractivity contribution is 5.86. The molecule has 0 bridgehead atoms. The normalized spacial score (nSPS) is 11.9. The third kappa shape index (κ3) is 3.06. The summed E-state index contributed by atoms with van der Waals surface area (Å²) in [4.78, 5) is 0. The molecule has 0 aliphatic heterocycles. The Morgan fingerprint density at radius 1 is 0.720 bits per heavy atom. The molecule has 3 aromatic carbocycles. The van der Waals surface area contributed by atoms with Gasteiger partial charge in [-0.25, -0.2) is 0 Å². The van der Waals surface area contributed by atoms with Gasteiger partial charge in [0.2, 0.25) is 0 Å². The van der Waals surface area contributed by atoms with E-state index >= 15 is 0 Å². The Bertz CT molecular complexity index is 883. The highest BCUT2D eigenvalue weighted by Gasteiger charge is 2.22. The molecular weight excluding hydrogens is 308 g/mol. The van der Waals surface area contributed by atoms with Crippen molar-refractivity contribution in [1.82, 2.24) is 0 Å². The highest BCUT2D eigenvalue weighted by Crippen LogP contribution is 2.43. The van der Waals surface area contributed by atoms with Crippen LogP contribution in [0.5, 0.6) is 5.75 Å². The fraction of sp³-hybridized carbons (Fsp3) is 0.217. The van der Waals surface area contributed by atoms with E-state index < -0.39 is 0 Å². The second-order valence-electron chi connectivity index (χ2n) is 6.44. The number of hydrogen-bond acceptors (Lipinski definition) is 2. The van der Waals surface area contributed by atoms with Crippen molar-refractivity contribution >= 4 is 0 Å². The van der Waals surface area contributed by atoms with Crippen LogP contribution in [0.15, 0.2) is 66.7 Å². The van der Waals surface area contributed by atoms with Gasteiger partial charge in [-0.15, -0.1) is 0 Å². The zero-order valence-electron chi connectivity index (χ0n) is 14.2. The van der Waals surface area contributed by atoms with E-state index in [2.05, 4.69) is 54.6 Å². The van der Waals surface area contributed by atoms with Gasteiger partial charge in [0.1, 0.15) is 5.75 Å². The van der Waals surface area contributed by atoms with Gasteiger partial charge in [-0.2, -0.15) is 0 Å². The van der Waals surface area contributed by atoms with Crippen molar-refractivity contribution in [2.24, 2.45) is 0 Å². The third-order valence-electron chi connectivity index (χ3n) is 4.84. The van der Waals surface area contributed by atoms with Gasteiger partial charge in [0.15, 0.2) is 0 Å². The highest BCUT2D eigenvalue weighted by atomic mass is 16.5. The molecule has 0 saturated carbocycles. The van der Waals surface area contributed by atoms with Gasteiger partial charge in [-0.05, 0) is 53.1 Å². The Morgan fingerprint density at radius 2 is 1.40 bits per heavy atom. The summed E-state index contributed by atoms with van der Waals surface area (Å²) in [5.74, 6) is 0.921. The summed E-state index contributed by atoms with van der Waals surface area (Å²) in [6.07, 6.45) is 2.61. The largest absolute Gasteiger partial charge is 0.493 e. The molecule has 126 valence electrons. The van der Waals surface area contributed by atoms with E-state index in [-0.39, 0.29) is 6.61 Å². The van der Waals surface area contributed by atoms with E-state index in [0.29, 0.717) is 6.61 Å². The van der Waals surface area contributed by atoms with E-state index in [1.807, 2.05) is 12.1 Å². The van der Waals surface area contributed by atoms with Crippen molar-refractivity contribution in [1.29, 1.82) is 0 Å². The molecular formula is C23H22O2. The smallest absolute Gasteiger partial charge is 0.127 e. The van der Waals surface area contributed by atoms with E-state index in [0.717, 1.165) is 30.6 Å². The lowest BCUT2D eigenvalue weighted by Crippen LogP contribution is -2.00. The summed E-state index contributed by atoms with van der Waals surface area (Å²) in [5, 5.41) is 8.93. The zero-order chi connectivity index (χ0) is 17.1. The summed E-state index contributed by atoms with van der Waals surface area (Å²) in [7, 11) is 0. The lowest BCUT2D eigenvalue weighted by atomic mass is 9.95.